The zero-order valence-electron chi connectivity index (χ0n) is 15.0. The molecule has 0 saturated carbocycles. The third-order valence-electron chi connectivity index (χ3n) is 4.63. The van der Waals surface area contributed by atoms with Crippen LogP contribution in [0.1, 0.15) is 21.9 Å². The number of para-hydroxylation sites is 1. The fourth-order valence-electron chi connectivity index (χ4n) is 3.33. The third-order valence-corrected chi connectivity index (χ3v) is 5.86. The second-order valence-corrected chi connectivity index (χ2v) is 7.95. The Hall–Kier alpha value is -2.63. The molecule has 0 aliphatic heterocycles. The Morgan fingerprint density at radius 3 is 2.81 bits per heavy atom. The number of aryl methyl sites for hydroxylation is 1. The van der Waals surface area contributed by atoms with Crippen molar-refractivity contribution in [3.05, 3.63) is 88.2 Å². The van der Waals surface area contributed by atoms with E-state index in [0.29, 0.717) is 5.11 Å². The standard InChI is InChI=1S/C22H21N3S2/c1-15-6-4-7-16(12-15)25-22(26)24-14-19(21-10-5-11-27-21)18-13-23-20-9-3-2-8-17(18)20/h2-13,19,23H,14H2,1H3,(H2,24,25,26). The summed E-state index contributed by atoms with van der Waals surface area (Å²) in [6.07, 6.45) is 2.12. The normalized spacial score (nSPS) is 12.0. The quantitative estimate of drug-likeness (QED) is 0.385. The van der Waals surface area contributed by atoms with E-state index in [2.05, 4.69) is 82.6 Å². The second kappa shape index (κ2) is 7.94. The number of aromatic nitrogens is 1. The zero-order valence-corrected chi connectivity index (χ0v) is 16.7. The van der Waals surface area contributed by atoms with Crippen LogP contribution in [0.2, 0.25) is 0 Å². The first kappa shape index (κ1) is 17.8. The van der Waals surface area contributed by atoms with Gasteiger partial charge in [-0.3, -0.25) is 0 Å². The lowest BCUT2D eigenvalue weighted by molar-refractivity contribution is 0.778. The molecule has 0 bridgehead atoms. The van der Waals surface area contributed by atoms with Crippen molar-refractivity contribution in [3.63, 3.8) is 0 Å². The molecular formula is C22H21N3S2. The molecule has 3 nitrogen and oxygen atoms in total. The number of hydrogen-bond acceptors (Lipinski definition) is 2. The van der Waals surface area contributed by atoms with E-state index in [1.165, 1.54) is 21.4 Å². The van der Waals surface area contributed by atoms with Crippen LogP contribution in [0.3, 0.4) is 0 Å². The minimum atomic E-state index is 0.235. The summed E-state index contributed by atoms with van der Waals surface area (Å²) in [6, 6.07) is 20.9. The van der Waals surface area contributed by atoms with Crippen molar-refractivity contribution >= 4 is 45.3 Å². The van der Waals surface area contributed by atoms with Crippen molar-refractivity contribution in [3.8, 4) is 0 Å². The van der Waals surface area contributed by atoms with Crippen molar-refractivity contribution in [2.75, 3.05) is 11.9 Å². The number of hydrogen-bond donors (Lipinski definition) is 3. The SMILES string of the molecule is Cc1cccc(NC(=S)NCC(c2cccs2)c2c[nH]c3ccccc23)c1. The van der Waals surface area contributed by atoms with Crippen molar-refractivity contribution in [2.24, 2.45) is 0 Å². The molecule has 27 heavy (non-hydrogen) atoms. The molecule has 1 unspecified atom stereocenters. The molecule has 2 heterocycles. The van der Waals surface area contributed by atoms with Crippen LogP contribution in [0.25, 0.3) is 10.9 Å². The van der Waals surface area contributed by atoms with Crippen LogP contribution in [-0.4, -0.2) is 16.6 Å². The number of anilines is 1. The number of fused-ring (bicyclic) bond motifs is 1. The number of nitrogens with one attached hydrogen (secondary N) is 3. The van der Waals surface area contributed by atoms with Crippen LogP contribution in [0.15, 0.2) is 72.2 Å². The molecule has 136 valence electrons. The highest BCUT2D eigenvalue weighted by molar-refractivity contribution is 7.80. The van der Waals surface area contributed by atoms with Gasteiger partial charge in [0.05, 0.1) is 0 Å². The fourth-order valence-corrected chi connectivity index (χ4v) is 4.38. The monoisotopic (exact) mass is 391 g/mol. The van der Waals surface area contributed by atoms with Crippen LogP contribution in [0.5, 0.6) is 0 Å². The van der Waals surface area contributed by atoms with E-state index < -0.39 is 0 Å². The third kappa shape index (κ3) is 4.04. The highest BCUT2D eigenvalue weighted by atomic mass is 32.1. The lowest BCUT2D eigenvalue weighted by Crippen LogP contribution is -2.32. The van der Waals surface area contributed by atoms with Gasteiger partial charge in [-0.2, -0.15) is 0 Å². The molecule has 0 fully saturated rings. The van der Waals surface area contributed by atoms with Gasteiger partial charge in [0.2, 0.25) is 0 Å². The van der Waals surface area contributed by atoms with E-state index in [9.17, 15) is 0 Å². The van der Waals surface area contributed by atoms with Crippen LogP contribution < -0.4 is 10.6 Å². The van der Waals surface area contributed by atoms with Crippen LogP contribution in [0.4, 0.5) is 5.69 Å². The van der Waals surface area contributed by atoms with E-state index in [1.807, 2.05) is 12.1 Å². The van der Waals surface area contributed by atoms with Crippen LogP contribution in [0, 0.1) is 6.92 Å². The van der Waals surface area contributed by atoms with Crippen molar-refractivity contribution < 1.29 is 0 Å². The lowest BCUT2D eigenvalue weighted by Gasteiger charge is -2.18. The fraction of sp³-hybridized carbons (Fsp3) is 0.136. The number of thiocarbonyl (C=S) groups is 1. The highest BCUT2D eigenvalue weighted by Gasteiger charge is 2.19. The van der Waals surface area contributed by atoms with Crippen LogP contribution >= 0.6 is 23.6 Å². The number of H-pyrrole nitrogens is 1. The van der Waals surface area contributed by atoms with Gasteiger partial charge >= 0.3 is 0 Å². The molecule has 0 aliphatic rings. The molecule has 0 amide bonds. The number of thiophene rings is 1. The maximum atomic E-state index is 5.53. The summed E-state index contributed by atoms with van der Waals surface area (Å²) < 4.78 is 0. The Morgan fingerprint density at radius 1 is 1.11 bits per heavy atom. The second-order valence-electron chi connectivity index (χ2n) is 6.56. The van der Waals surface area contributed by atoms with Gasteiger partial charge in [0.25, 0.3) is 0 Å². The average Bonchev–Trinajstić information content (AvgIpc) is 3.33. The molecule has 0 radical (unpaired) electrons. The Labute approximate surface area is 168 Å². The molecule has 1 atom stereocenters. The predicted molar refractivity (Wildman–Crippen MR) is 120 cm³/mol. The van der Waals surface area contributed by atoms with Gasteiger partial charge in [-0.25, -0.2) is 0 Å². The summed E-state index contributed by atoms with van der Waals surface area (Å²) in [5, 5.41) is 10.7. The molecular weight excluding hydrogens is 370 g/mol. The van der Waals surface area contributed by atoms with Gasteiger partial charge < -0.3 is 15.6 Å². The zero-order chi connectivity index (χ0) is 18.6. The van der Waals surface area contributed by atoms with Crippen molar-refractivity contribution in [1.29, 1.82) is 0 Å². The maximum Gasteiger partial charge on any atom is 0.170 e. The van der Waals surface area contributed by atoms with E-state index in [0.717, 1.165) is 17.7 Å². The van der Waals surface area contributed by atoms with E-state index in [1.54, 1.807) is 11.3 Å². The minimum absolute atomic E-state index is 0.235. The summed E-state index contributed by atoms with van der Waals surface area (Å²) in [5.74, 6) is 0.235. The first-order valence-electron chi connectivity index (χ1n) is 8.91. The summed E-state index contributed by atoms with van der Waals surface area (Å²) in [4.78, 5) is 4.72. The molecule has 4 rings (SSSR count). The molecule has 2 aromatic carbocycles. The number of aromatic amines is 1. The van der Waals surface area contributed by atoms with Gasteiger partial charge in [-0.15, -0.1) is 11.3 Å². The molecule has 5 heteroatoms. The summed E-state index contributed by atoms with van der Waals surface area (Å²) in [5.41, 5.74) is 4.67. The van der Waals surface area contributed by atoms with E-state index >= 15 is 0 Å². The summed E-state index contributed by atoms with van der Waals surface area (Å²) >= 11 is 7.30. The Balaban J connectivity index is 1.53. The first-order valence-corrected chi connectivity index (χ1v) is 10.2. The molecule has 4 aromatic rings. The molecule has 0 saturated heterocycles. The van der Waals surface area contributed by atoms with Crippen molar-refractivity contribution in [2.45, 2.75) is 12.8 Å². The summed E-state index contributed by atoms with van der Waals surface area (Å²) in [6.45, 7) is 2.81. The van der Waals surface area contributed by atoms with Gasteiger partial charge in [-0.05, 0) is 59.9 Å². The average molecular weight is 392 g/mol. The molecule has 2 aromatic heterocycles. The highest BCUT2D eigenvalue weighted by Crippen LogP contribution is 2.32. The minimum Gasteiger partial charge on any atom is -0.361 e. The molecule has 3 N–H and O–H groups in total. The number of benzene rings is 2. The predicted octanol–water partition coefficient (Wildman–Crippen LogP) is 5.66. The van der Waals surface area contributed by atoms with Gasteiger partial charge in [0.1, 0.15) is 0 Å². The van der Waals surface area contributed by atoms with Crippen molar-refractivity contribution in [1.82, 2.24) is 10.3 Å². The topological polar surface area (TPSA) is 39.8 Å². The van der Waals surface area contributed by atoms with Crippen LogP contribution in [-0.2, 0) is 0 Å². The Kier molecular flexibility index (Phi) is 5.23. The maximum absolute atomic E-state index is 5.53. The van der Waals surface area contributed by atoms with Gasteiger partial charge in [0.15, 0.2) is 5.11 Å². The van der Waals surface area contributed by atoms with Gasteiger partial charge in [-0.1, -0.05) is 36.4 Å². The Bertz CT molecular complexity index is 1050. The largest absolute Gasteiger partial charge is 0.361 e. The van der Waals surface area contributed by atoms with Gasteiger partial charge in [0, 0.05) is 40.1 Å². The summed E-state index contributed by atoms with van der Waals surface area (Å²) in [7, 11) is 0. The smallest absolute Gasteiger partial charge is 0.170 e. The van der Waals surface area contributed by atoms with E-state index in [4.69, 9.17) is 12.2 Å². The first-order chi connectivity index (χ1) is 13.2. The number of rotatable bonds is 5. The molecule has 0 spiro atoms. The Morgan fingerprint density at radius 2 is 2.00 bits per heavy atom. The lowest BCUT2D eigenvalue weighted by atomic mass is 9.97. The molecule has 0 aliphatic carbocycles. The van der Waals surface area contributed by atoms with E-state index in [-0.39, 0.29) is 5.92 Å².